The van der Waals surface area contributed by atoms with Crippen LogP contribution in [-0.4, -0.2) is 19.0 Å². The first-order valence-electron chi connectivity index (χ1n) is 6.61. The van der Waals surface area contributed by atoms with Gasteiger partial charge in [-0.25, -0.2) is 0 Å². The third-order valence-electron chi connectivity index (χ3n) is 3.38. The average molecular weight is 301 g/mol. The Kier molecular flexibility index (Phi) is 5.49. The smallest absolute Gasteiger partial charge is 0.224 e. The topological polar surface area (TPSA) is 41.1 Å². The third-order valence-corrected chi connectivity index (χ3v) is 4.12. The standard InChI is InChI=1S/C14H18Cl2N2O/c15-12-5-4-11(8-13(12)16)18-14(19)6-3-10-2-1-7-17-9-10/h4-5,8,10,17H,1-3,6-7,9H2,(H,18,19). The Morgan fingerprint density at radius 2 is 2.21 bits per heavy atom. The van der Waals surface area contributed by atoms with Crippen molar-refractivity contribution in [2.75, 3.05) is 18.4 Å². The van der Waals surface area contributed by atoms with E-state index in [1.807, 2.05) is 0 Å². The summed E-state index contributed by atoms with van der Waals surface area (Å²) < 4.78 is 0. The second-order valence-corrected chi connectivity index (χ2v) is 5.74. The number of nitrogens with one attached hydrogen (secondary N) is 2. The van der Waals surface area contributed by atoms with E-state index < -0.39 is 0 Å². The monoisotopic (exact) mass is 300 g/mol. The molecule has 0 saturated carbocycles. The summed E-state index contributed by atoms with van der Waals surface area (Å²) in [5, 5.41) is 7.15. The lowest BCUT2D eigenvalue weighted by Gasteiger charge is -2.22. The van der Waals surface area contributed by atoms with Gasteiger partial charge in [0.1, 0.15) is 0 Å². The summed E-state index contributed by atoms with van der Waals surface area (Å²) >= 11 is 11.7. The summed E-state index contributed by atoms with van der Waals surface area (Å²) in [6.45, 7) is 2.13. The number of rotatable bonds is 4. The molecule has 0 aromatic heterocycles. The lowest BCUT2D eigenvalue weighted by molar-refractivity contribution is -0.116. The third kappa shape index (κ3) is 4.68. The molecule has 1 amide bonds. The van der Waals surface area contributed by atoms with Gasteiger partial charge in [-0.2, -0.15) is 0 Å². The van der Waals surface area contributed by atoms with E-state index in [1.54, 1.807) is 18.2 Å². The van der Waals surface area contributed by atoms with Crippen LogP contribution in [0.15, 0.2) is 18.2 Å². The molecule has 1 aliphatic rings. The number of amides is 1. The molecule has 1 aliphatic heterocycles. The van der Waals surface area contributed by atoms with Crippen LogP contribution in [0.4, 0.5) is 5.69 Å². The van der Waals surface area contributed by atoms with Crippen LogP contribution in [0.5, 0.6) is 0 Å². The Morgan fingerprint density at radius 1 is 1.37 bits per heavy atom. The van der Waals surface area contributed by atoms with E-state index in [0.717, 1.165) is 19.5 Å². The van der Waals surface area contributed by atoms with Crippen molar-refractivity contribution >= 4 is 34.8 Å². The average Bonchev–Trinajstić information content (AvgIpc) is 2.42. The molecule has 1 heterocycles. The normalized spacial score (nSPS) is 19.2. The van der Waals surface area contributed by atoms with Crippen LogP contribution in [0.1, 0.15) is 25.7 Å². The van der Waals surface area contributed by atoms with Crippen molar-refractivity contribution in [1.29, 1.82) is 0 Å². The van der Waals surface area contributed by atoms with Crippen molar-refractivity contribution in [3.05, 3.63) is 28.2 Å². The molecular weight excluding hydrogens is 283 g/mol. The highest BCUT2D eigenvalue weighted by Crippen LogP contribution is 2.25. The van der Waals surface area contributed by atoms with Gasteiger partial charge in [0.2, 0.25) is 5.91 Å². The van der Waals surface area contributed by atoms with Crippen molar-refractivity contribution in [1.82, 2.24) is 5.32 Å². The fraction of sp³-hybridized carbons (Fsp3) is 0.500. The molecule has 0 bridgehead atoms. The van der Waals surface area contributed by atoms with E-state index >= 15 is 0 Å². The SMILES string of the molecule is O=C(CCC1CCCNC1)Nc1ccc(Cl)c(Cl)c1. The Balaban J connectivity index is 1.78. The van der Waals surface area contributed by atoms with Gasteiger partial charge in [0, 0.05) is 12.1 Å². The van der Waals surface area contributed by atoms with Crippen molar-refractivity contribution in [2.45, 2.75) is 25.7 Å². The van der Waals surface area contributed by atoms with Gasteiger partial charge < -0.3 is 10.6 Å². The molecule has 0 aliphatic carbocycles. The molecule has 104 valence electrons. The lowest BCUT2D eigenvalue weighted by atomic mass is 9.94. The first-order chi connectivity index (χ1) is 9.15. The fourth-order valence-corrected chi connectivity index (χ4v) is 2.60. The molecule has 2 N–H and O–H groups in total. The van der Waals surface area contributed by atoms with Crippen LogP contribution >= 0.6 is 23.2 Å². The first kappa shape index (κ1) is 14.6. The zero-order valence-electron chi connectivity index (χ0n) is 10.7. The predicted molar refractivity (Wildman–Crippen MR) is 79.9 cm³/mol. The van der Waals surface area contributed by atoms with Crippen LogP contribution in [0.3, 0.4) is 0 Å². The van der Waals surface area contributed by atoms with Gasteiger partial charge >= 0.3 is 0 Å². The van der Waals surface area contributed by atoms with E-state index in [-0.39, 0.29) is 5.91 Å². The van der Waals surface area contributed by atoms with Gasteiger partial charge in [-0.3, -0.25) is 4.79 Å². The summed E-state index contributed by atoms with van der Waals surface area (Å²) in [6.07, 6.45) is 3.90. The molecule has 1 atom stereocenters. The predicted octanol–water partition coefficient (Wildman–Crippen LogP) is 3.71. The molecular formula is C14H18Cl2N2O. The van der Waals surface area contributed by atoms with Crippen LogP contribution in [-0.2, 0) is 4.79 Å². The van der Waals surface area contributed by atoms with Gasteiger partial charge in [-0.05, 0) is 56.5 Å². The van der Waals surface area contributed by atoms with Gasteiger partial charge in [0.15, 0.2) is 0 Å². The molecule has 0 radical (unpaired) electrons. The summed E-state index contributed by atoms with van der Waals surface area (Å²) in [4.78, 5) is 11.8. The van der Waals surface area contributed by atoms with Gasteiger partial charge in [-0.1, -0.05) is 23.2 Å². The quantitative estimate of drug-likeness (QED) is 0.890. The second-order valence-electron chi connectivity index (χ2n) is 4.93. The minimum atomic E-state index is 0.0314. The van der Waals surface area contributed by atoms with Crippen molar-refractivity contribution in [3.8, 4) is 0 Å². The summed E-state index contributed by atoms with van der Waals surface area (Å²) in [5.74, 6) is 0.650. The van der Waals surface area contributed by atoms with E-state index in [0.29, 0.717) is 28.1 Å². The Bertz CT molecular complexity index is 445. The molecule has 1 aromatic carbocycles. The number of carbonyl (C=O) groups is 1. The van der Waals surface area contributed by atoms with E-state index in [1.165, 1.54) is 12.8 Å². The van der Waals surface area contributed by atoms with Crippen LogP contribution in [0.25, 0.3) is 0 Å². The van der Waals surface area contributed by atoms with Crippen molar-refractivity contribution in [3.63, 3.8) is 0 Å². The molecule has 19 heavy (non-hydrogen) atoms. The van der Waals surface area contributed by atoms with E-state index in [2.05, 4.69) is 10.6 Å². The molecule has 3 nitrogen and oxygen atoms in total. The molecule has 5 heteroatoms. The summed E-state index contributed by atoms with van der Waals surface area (Å²) in [6, 6.07) is 5.11. The van der Waals surface area contributed by atoms with E-state index in [9.17, 15) is 4.79 Å². The molecule has 2 rings (SSSR count). The Labute approximate surface area is 123 Å². The van der Waals surface area contributed by atoms with Crippen molar-refractivity contribution in [2.24, 2.45) is 5.92 Å². The molecule has 1 aromatic rings. The zero-order valence-corrected chi connectivity index (χ0v) is 12.2. The van der Waals surface area contributed by atoms with Crippen molar-refractivity contribution < 1.29 is 4.79 Å². The maximum absolute atomic E-state index is 11.8. The van der Waals surface area contributed by atoms with Crippen LogP contribution in [0.2, 0.25) is 10.0 Å². The number of benzene rings is 1. The number of anilines is 1. The maximum atomic E-state index is 11.8. The van der Waals surface area contributed by atoms with E-state index in [4.69, 9.17) is 23.2 Å². The molecule has 0 spiro atoms. The summed E-state index contributed by atoms with van der Waals surface area (Å²) in [7, 11) is 0. The highest BCUT2D eigenvalue weighted by Gasteiger charge is 2.14. The minimum Gasteiger partial charge on any atom is -0.326 e. The minimum absolute atomic E-state index is 0.0314. The number of hydrogen-bond donors (Lipinski definition) is 2. The van der Waals surface area contributed by atoms with Crippen LogP contribution < -0.4 is 10.6 Å². The number of carbonyl (C=O) groups excluding carboxylic acids is 1. The van der Waals surface area contributed by atoms with Gasteiger partial charge in [0.25, 0.3) is 0 Å². The van der Waals surface area contributed by atoms with Crippen LogP contribution in [0, 0.1) is 5.92 Å². The highest BCUT2D eigenvalue weighted by molar-refractivity contribution is 6.42. The highest BCUT2D eigenvalue weighted by atomic mass is 35.5. The number of halogens is 2. The Morgan fingerprint density at radius 3 is 2.89 bits per heavy atom. The second kappa shape index (κ2) is 7.13. The Hall–Kier alpha value is -0.770. The fourth-order valence-electron chi connectivity index (χ4n) is 2.30. The maximum Gasteiger partial charge on any atom is 0.224 e. The van der Waals surface area contributed by atoms with Gasteiger partial charge in [0.05, 0.1) is 10.0 Å². The summed E-state index contributed by atoms with van der Waals surface area (Å²) in [5.41, 5.74) is 0.696. The number of piperidine rings is 1. The molecule has 1 fully saturated rings. The largest absolute Gasteiger partial charge is 0.326 e. The number of hydrogen-bond acceptors (Lipinski definition) is 2. The molecule has 1 unspecified atom stereocenters. The molecule has 1 saturated heterocycles. The van der Waals surface area contributed by atoms with Gasteiger partial charge in [-0.15, -0.1) is 0 Å². The zero-order chi connectivity index (χ0) is 13.7. The lowest BCUT2D eigenvalue weighted by Crippen LogP contribution is -2.30. The first-order valence-corrected chi connectivity index (χ1v) is 7.36.